The van der Waals surface area contributed by atoms with Crippen LogP contribution < -0.4 is 20.7 Å². The second kappa shape index (κ2) is 15.3. The molecule has 7 aromatic carbocycles. The zero-order valence-corrected chi connectivity index (χ0v) is 35.9. The molecule has 0 fully saturated rings. The normalized spacial score (nSPS) is 11.7. The van der Waals surface area contributed by atoms with Crippen LogP contribution >= 0.6 is 0 Å². The van der Waals surface area contributed by atoms with Crippen LogP contribution in [0, 0.1) is 12.1 Å². The fourth-order valence-electron chi connectivity index (χ4n) is 8.90. The second-order valence-corrected chi connectivity index (χ2v) is 18.9. The van der Waals surface area contributed by atoms with E-state index in [1.807, 2.05) is 6.20 Å². The van der Waals surface area contributed by atoms with E-state index >= 15 is 0 Å². The van der Waals surface area contributed by atoms with E-state index in [0.717, 1.165) is 44.2 Å². The molecule has 10 rings (SSSR count). The summed E-state index contributed by atoms with van der Waals surface area (Å²) in [5, 5.41) is 7.21. The molecule has 10 aromatic rings. The Balaban J connectivity index is 0.00000436. The van der Waals surface area contributed by atoms with Gasteiger partial charge in [-0.15, -0.1) is 22.7 Å². The average molecular weight is 945 g/mol. The van der Waals surface area contributed by atoms with E-state index in [4.69, 9.17) is 4.98 Å². The molecule has 3 heterocycles. The van der Waals surface area contributed by atoms with Crippen LogP contribution in [0.2, 0.25) is 0 Å². The van der Waals surface area contributed by atoms with Crippen LogP contribution in [0.25, 0.3) is 55.5 Å². The summed E-state index contributed by atoms with van der Waals surface area (Å²) >= 11 is 0. The number of pyridine rings is 1. The maximum absolute atomic E-state index is 5.06. The van der Waals surface area contributed by atoms with Crippen LogP contribution in [0.1, 0.15) is 25.3 Å². The van der Waals surface area contributed by atoms with E-state index in [1.54, 1.807) is 0 Å². The second-order valence-electron chi connectivity index (χ2n) is 15.1. The summed E-state index contributed by atoms with van der Waals surface area (Å²) in [6.07, 6.45) is 4.11. The molecule has 284 valence electrons. The number of hydrogen-bond acceptors (Lipinski definition) is 1. The molecule has 0 aliphatic carbocycles. The Morgan fingerprint density at radius 2 is 1.22 bits per heavy atom. The van der Waals surface area contributed by atoms with Crippen molar-refractivity contribution in [2.45, 2.75) is 19.8 Å². The minimum absolute atomic E-state index is 0. The standard InChI is InChI=1S/C52H41N4Si.Pt/c1-37(2)44-23-10-11-24-45(44)38-31-32-53-52(33-38)56-48-26-13-12-25-46(48)47-30-29-43(35-51(47)56)57(40-18-6-4-7-19-40,41-20-8-5-9-21-41)42-22-16-17-39(34-42)55-36-54(3)49-27-14-15-28-50(49)55;/h4-33,36-37H,1-3H3;/q-1;. The Kier molecular flexibility index (Phi) is 9.89. The third-order valence-electron chi connectivity index (χ3n) is 11.5. The molecule has 0 saturated heterocycles. The molecule has 58 heavy (non-hydrogen) atoms. The molecule has 0 unspecified atom stereocenters. The van der Waals surface area contributed by atoms with Crippen molar-refractivity contribution in [2.24, 2.45) is 7.05 Å². The summed E-state index contributed by atoms with van der Waals surface area (Å²) in [5.74, 6) is 1.27. The third-order valence-corrected chi connectivity index (χ3v) is 16.1. The van der Waals surface area contributed by atoms with Gasteiger partial charge < -0.3 is 4.57 Å². The summed E-state index contributed by atoms with van der Waals surface area (Å²) in [5.41, 5.74) is 9.15. The average Bonchev–Trinajstić information content (AvgIpc) is 3.79. The predicted molar refractivity (Wildman–Crippen MR) is 240 cm³/mol. The Morgan fingerprint density at radius 3 is 1.97 bits per heavy atom. The van der Waals surface area contributed by atoms with Gasteiger partial charge in [-0.1, -0.05) is 122 Å². The molecule has 0 aliphatic rings. The zero-order valence-electron chi connectivity index (χ0n) is 32.6. The van der Waals surface area contributed by atoms with Gasteiger partial charge in [0.2, 0.25) is 0 Å². The zero-order chi connectivity index (χ0) is 38.5. The van der Waals surface area contributed by atoms with E-state index in [9.17, 15) is 0 Å². The monoisotopic (exact) mass is 944 g/mol. The maximum atomic E-state index is 5.06. The van der Waals surface area contributed by atoms with Crippen molar-refractivity contribution in [1.82, 2.24) is 18.7 Å². The van der Waals surface area contributed by atoms with Gasteiger partial charge in [-0.3, -0.25) is 0 Å². The minimum Gasteiger partial charge on any atom is -0.319 e. The molecular formula is C52H41N4PtSi-. The molecule has 6 heteroatoms. The molecule has 0 bridgehead atoms. The first-order valence-corrected chi connectivity index (χ1v) is 21.6. The molecule has 0 spiro atoms. The van der Waals surface area contributed by atoms with Crippen LogP contribution in [-0.2, 0) is 28.1 Å². The Labute approximate surface area is 355 Å². The number of aromatic nitrogens is 4. The number of benzene rings is 7. The van der Waals surface area contributed by atoms with Crippen LogP contribution in [0.15, 0.2) is 188 Å². The SMILES string of the molecule is CC(C)c1ccccc1-c1ccnc(-n2c3[c-]c([Si](c4[c-]c(-n5[cH+]n(C)c6ccccc65)ccc4)(c4ccccc4)c4ccccc4)ccc3c3ccccc32)c1.[Pt]. The maximum Gasteiger partial charge on any atom is 0.188 e. The van der Waals surface area contributed by atoms with Crippen molar-refractivity contribution in [3.63, 3.8) is 0 Å². The molecule has 0 atom stereocenters. The molecule has 0 aliphatic heterocycles. The number of para-hydroxylation sites is 3. The molecule has 4 nitrogen and oxygen atoms in total. The summed E-state index contributed by atoms with van der Waals surface area (Å²) in [6.45, 7) is 4.52. The van der Waals surface area contributed by atoms with E-state index in [2.05, 4.69) is 229 Å². The molecule has 3 aromatic heterocycles. The van der Waals surface area contributed by atoms with Crippen molar-refractivity contribution in [3.8, 4) is 22.6 Å². The summed E-state index contributed by atoms with van der Waals surface area (Å²) in [4.78, 5) is 5.06. The van der Waals surface area contributed by atoms with Crippen molar-refractivity contribution in [2.75, 3.05) is 0 Å². The largest absolute Gasteiger partial charge is 0.319 e. The number of aryl methyl sites for hydroxylation is 1. The topological polar surface area (TPSA) is 27.7 Å². The van der Waals surface area contributed by atoms with Gasteiger partial charge in [-0.2, -0.15) is 35.5 Å². The molecule has 0 radical (unpaired) electrons. The van der Waals surface area contributed by atoms with Crippen molar-refractivity contribution in [1.29, 1.82) is 0 Å². The predicted octanol–water partition coefficient (Wildman–Crippen LogP) is 9.51. The Morgan fingerprint density at radius 1 is 0.586 bits per heavy atom. The van der Waals surface area contributed by atoms with Gasteiger partial charge >= 0.3 is 0 Å². The van der Waals surface area contributed by atoms with E-state index in [0.29, 0.717) is 5.92 Å². The van der Waals surface area contributed by atoms with E-state index in [1.165, 1.54) is 37.6 Å². The van der Waals surface area contributed by atoms with Crippen LogP contribution in [0.3, 0.4) is 0 Å². The first-order chi connectivity index (χ1) is 28.0. The van der Waals surface area contributed by atoms with Crippen LogP contribution in [0.5, 0.6) is 0 Å². The van der Waals surface area contributed by atoms with Gasteiger partial charge in [0.1, 0.15) is 13.9 Å². The molecular weight excluding hydrogens is 904 g/mol. The fourth-order valence-corrected chi connectivity index (χ4v) is 13.5. The van der Waals surface area contributed by atoms with Crippen LogP contribution in [-0.4, -0.2) is 26.8 Å². The molecule has 0 amide bonds. The molecule has 0 N–H and O–H groups in total. The van der Waals surface area contributed by atoms with Gasteiger partial charge in [0, 0.05) is 57.6 Å². The van der Waals surface area contributed by atoms with E-state index < -0.39 is 8.07 Å². The first kappa shape index (κ1) is 37.4. The smallest absolute Gasteiger partial charge is 0.188 e. The number of hydrogen-bond donors (Lipinski definition) is 0. The summed E-state index contributed by atoms with van der Waals surface area (Å²) < 4.78 is 6.76. The first-order valence-electron chi connectivity index (χ1n) is 19.6. The fraction of sp³-hybridized carbons (Fsp3) is 0.0769. The van der Waals surface area contributed by atoms with E-state index in [-0.39, 0.29) is 21.1 Å². The number of rotatable bonds is 8. The minimum atomic E-state index is -3.06. The van der Waals surface area contributed by atoms with Gasteiger partial charge in [0.15, 0.2) is 17.4 Å². The van der Waals surface area contributed by atoms with Crippen molar-refractivity contribution >= 4 is 61.7 Å². The number of imidazole rings is 1. The van der Waals surface area contributed by atoms with Crippen molar-refractivity contribution < 1.29 is 21.1 Å². The van der Waals surface area contributed by atoms with Gasteiger partial charge in [0.25, 0.3) is 0 Å². The quantitative estimate of drug-likeness (QED) is 0.0849. The van der Waals surface area contributed by atoms with Crippen LogP contribution in [0.4, 0.5) is 0 Å². The Bertz CT molecular complexity index is 3040. The Hall–Kier alpha value is -6.13. The van der Waals surface area contributed by atoms with Gasteiger partial charge in [0.05, 0.1) is 0 Å². The number of fused-ring (bicyclic) bond motifs is 4. The molecule has 0 saturated carbocycles. The summed E-state index contributed by atoms with van der Waals surface area (Å²) in [7, 11) is -0.960. The van der Waals surface area contributed by atoms with Crippen molar-refractivity contribution in [3.05, 3.63) is 206 Å². The van der Waals surface area contributed by atoms with Gasteiger partial charge in [-0.05, 0) is 68.7 Å². The number of nitrogens with zero attached hydrogens (tertiary/aromatic N) is 4. The summed E-state index contributed by atoms with van der Waals surface area (Å²) in [6, 6.07) is 71.9. The van der Waals surface area contributed by atoms with Gasteiger partial charge in [-0.25, -0.2) is 14.1 Å². The third kappa shape index (κ3) is 6.09.